The fourth-order valence-corrected chi connectivity index (χ4v) is 3.30. The summed E-state index contributed by atoms with van der Waals surface area (Å²) >= 11 is 0. The standard InChI is InChI=1S/C18H24N4O9/c1-9(23)27-7-13-14(28-10(2)24)15(29-11(3)25)16(30-12(4)26)17(31-13)22-18(19-8-20-22)21-5-6-21/h8,13-17H,5-7H2,1-4H3/t13-,14-,15+,16-,17-/m1/s1. The summed E-state index contributed by atoms with van der Waals surface area (Å²) in [4.78, 5) is 52.9. The van der Waals surface area contributed by atoms with Gasteiger partial charge in [-0.2, -0.15) is 14.8 Å². The summed E-state index contributed by atoms with van der Waals surface area (Å²) in [6.45, 7) is 5.92. The van der Waals surface area contributed by atoms with Crippen LogP contribution >= 0.6 is 0 Å². The molecule has 1 aromatic rings. The van der Waals surface area contributed by atoms with Crippen molar-refractivity contribution in [1.29, 1.82) is 0 Å². The number of carbonyl (C=O) groups excluding carboxylic acids is 4. The molecule has 170 valence electrons. The van der Waals surface area contributed by atoms with Crippen molar-refractivity contribution < 1.29 is 42.9 Å². The van der Waals surface area contributed by atoms with E-state index in [9.17, 15) is 19.2 Å². The lowest BCUT2D eigenvalue weighted by atomic mass is 9.97. The summed E-state index contributed by atoms with van der Waals surface area (Å²) in [5.74, 6) is -2.19. The summed E-state index contributed by atoms with van der Waals surface area (Å²) in [7, 11) is 0. The Morgan fingerprint density at radius 2 is 1.52 bits per heavy atom. The third kappa shape index (κ3) is 5.48. The van der Waals surface area contributed by atoms with Crippen LogP contribution in [0.15, 0.2) is 6.33 Å². The lowest BCUT2D eigenvalue weighted by Gasteiger charge is -2.44. The van der Waals surface area contributed by atoms with Gasteiger partial charge in [-0.15, -0.1) is 0 Å². The molecular formula is C18H24N4O9. The molecule has 0 amide bonds. The second-order valence-electron chi connectivity index (χ2n) is 7.08. The first kappa shape index (κ1) is 22.5. The zero-order chi connectivity index (χ0) is 22.7. The van der Waals surface area contributed by atoms with Crippen LogP contribution in [-0.2, 0) is 42.9 Å². The normalized spacial score (nSPS) is 27.2. The molecule has 13 nitrogen and oxygen atoms in total. The summed E-state index contributed by atoms with van der Waals surface area (Å²) in [6, 6.07) is 0. The van der Waals surface area contributed by atoms with Gasteiger partial charge in [0.25, 0.3) is 0 Å². The van der Waals surface area contributed by atoms with E-state index >= 15 is 0 Å². The predicted octanol–water partition coefficient (Wildman–Crippen LogP) is -0.646. The molecule has 0 radical (unpaired) electrons. The zero-order valence-corrected chi connectivity index (χ0v) is 17.5. The Hall–Kier alpha value is -3.22. The van der Waals surface area contributed by atoms with E-state index in [4.69, 9.17) is 23.7 Å². The molecule has 13 heteroatoms. The van der Waals surface area contributed by atoms with Crippen molar-refractivity contribution >= 4 is 29.8 Å². The third-order valence-electron chi connectivity index (χ3n) is 4.49. The van der Waals surface area contributed by atoms with E-state index in [1.54, 1.807) is 0 Å². The number of hydrogen-bond acceptors (Lipinski definition) is 12. The van der Waals surface area contributed by atoms with Crippen molar-refractivity contribution in [3.8, 4) is 0 Å². The molecular weight excluding hydrogens is 416 g/mol. The average molecular weight is 440 g/mol. The van der Waals surface area contributed by atoms with Crippen LogP contribution in [-0.4, -0.2) is 82.8 Å². The Kier molecular flexibility index (Phi) is 6.73. The van der Waals surface area contributed by atoms with E-state index in [0.717, 1.165) is 26.9 Å². The van der Waals surface area contributed by atoms with E-state index in [-0.39, 0.29) is 6.61 Å². The van der Waals surface area contributed by atoms with Gasteiger partial charge in [0.05, 0.1) is 0 Å². The first-order chi connectivity index (χ1) is 14.7. The summed E-state index contributed by atoms with van der Waals surface area (Å²) in [6.07, 6.45) is -4.52. The smallest absolute Gasteiger partial charge is 0.303 e. The number of hydrogen-bond donors (Lipinski definition) is 0. The number of anilines is 1. The SMILES string of the molecule is CC(=O)OC[C@H]1O[C@@H](n2ncnc2N2CC2)[C@H](OC(C)=O)[C@@H](OC(C)=O)[C@@H]1OC(C)=O. The number of aromatic nitrogens is 3. The molecule has 1 aromatic heterocycles. The molecule has 3 heterocycles. The minimum Gasteiger partial charge on any atom is -0.463 e. The fraction of sp³-hybridized carbons (Fsp3) is 0.667. The topological polar surface area (TPSA) is 148 Å². The molecule has 3 rings (SSSR count). The van der Waals surface area contributed by atoms with Crippen LogP contribution in [0.2, 0.25) is 0 Å². The molecule has 0 bridgehead atoms. The molecule has 2 saturated heterocycles. The van der Waals surface area contributed by atoms with E-state index < -0.39 is 54.5 Å². The molecule has 0 aromatic carbocycles. The van der Waals surface area contributed by atoms with Crippen LogP contribution < -0.4 is 4.90 Å². The molecule has 0 aliphatic carbocycles. The van der Waals surface area contributed by atoms with Gasteiger partial charge in [-0.05, 0) is 0 Å². The lowest BCUT2D eigenvalue weighted by molar-refractivity contribution is -0.270. The fourth-order valence-electron chi connectivity index (χ4n) is 3.30. The van der Waals surface area contributed by atoms with Crippen molar-refractivity contribution in [3.63, 3.8) is 0 Å². The molecule has 2 aliphatic rings. The minimum atomic E-state index is -1.25. The average Bonchev–Trinajstić information content (AvgIpc) is 3.39. The van der Waals surface area contributed by atoms with Gasteiger partial charge in [-0.1, -0.05) is 0 Å². The largest absolute Gasteiger partial charge is 0.463 e. The Morgan fingerprint density at radius 3 is 2.06 bits per heavy atom. The van der Waals surface area contributed by atoms with Gasteiger partial charge < -0.3 is 28.6 Å². The van der Waals surface area contributed by atoms with Crippen LogP contribution in [0.5, 0.6) is 0 Å². The number of rotatable bonds is 7. The molecule has 2 aliphatic heterocycles. The molecule has 0 spiro atoms. The highest BCUT2D eigenvalue weighted by atomic mass is 16.7. The maximum atomic E-state index is 11.9. The first-order valence-corrected chi connectivity index (χ1v) is 9.62. The highest BCUT2D eigenvalue weighted by Gasteiger charge is 2.54. The van der Waals surface area contributed by atoms with Crippen LogP contribution in [0.1, 0.15) is 33.9 Å². The number of nitrogens with zero attached hydrogens (tertiary/aromatic N) is 4. The van der Waals surface area contributed by atoms with Gasteiger partial charge in [0.15, 0.2) is 24.5 Å². The van der Waals surface area contributed by atoms with Crippen molar-refractivity contribution in [2.24, 2.45) is 0 Å². The summed E-state index contributed by atoms with van der Waals surface area (Å²) < 4.78 is 28.7. The first-order valence-electron chi connectivity index (χ1n) is 9.62. The quantitative estimate of drug-likeness (QED) is 0.301. The summed E-state index contributed by atoms with van der Waals surface area (Å²) in [5, 5.41) is 4.18. The van der Waals surface area contributed by atoms with E-state index in [1.807, 2.05) is 4.90 Å². The van der Waals surface area contributed by atoms with E-state index in [2.05, 4.69) is 10.1 Å². The van der Waals surface area contributed by atoms with Crippen LogP contribution in [0.4, 0.5) is 5.95 Å². The van der Waals surface area contributed by atoms with Crippen molar-refractivity contribution in [3.05, 3.63) is 6.33 Å². The predicted molar refractivity (Wildman–Crippen MR) is 99.4 cm³/mol. The molecule has 0 N–H and O–H groups in total. The summed E-state index contributed by atoms with van der Waals surface area (Å²) in [5.41, 5.74) is 0. The molecule has 5 atom stereocenters. The van der Waals surface area contributed by atoms with E-state index in [0.29, 0.717) is 5.95 Å². The van der Waals surface area contributed by atoms with Gasteiger partial charge in [-0.25, -0.2) is 0 Å². The van der Waals surface area contributed by atoms with Gasteiger partial charge >= 0.3 is 23.9 Å². The van der Waals surface area contributed by atoms with Crippen molar-refractivity contribution in [2.75, 3.05) is 24.6 Å². The molecule has 2 fully saturated rings. The Labute approximate surface area is 177 Å². The minimum absolute atomic E-state index is 0.303. The number of esters is 4. The van der Waals surface area contributed by atoms with Crippen molar-refractivity contribution in [1.82, 2.24) is 14.8 Å². The monoisotopic (exact) mass is 440 g/mol. The van der Waals surface area contributed by atoms with Gasteiger partial charge in [0.2, 0.25) is 5.95 Å². The Bertz CT molecular complexity index is 853. The highest BCUT2D eigenvalue weighted by molar-refractivity contribution is 5.68. The number of carbonyl (C=O) groups is 4. The second kappa shape index (κ2) is 9.29. The van der Waals surface area contributed by atoms with Gasteiger partial charge in [0.1, 0.15) is 19.0 Å². The van der Waals surface area contributed by atoms with Crippen LogP contribution in [0, 0.1) is 0 Å². The highest BCUT2D eigenvalue weighted by Crippen LogP contribution is 2.36. The Morgan fingerprint density at radius 1 is 0.935 bits per heavy atom. The number of ether oxygens (including phenoxy) is 5. The maximum Gasteiger partial charge on any atom is 0.303 e. The second-order valence-corrected chi connectivity index (χ2v) is 7.08. The lowest BCUT2D eigenvalue weighted by Crippen LogP contribution is -2.60. The van der Waals surface area contributed by atoms with Crippen LogP contribution in [0.25, 0.3) is 0 Å². The van der Waals surface area contributed by atoms with Crippen LogP contribution in [0.3, 0.4) is 0 Å². The van der Waals surface area contributed by atoms with Crippen molar-refractivity contribution in [2.45, 2.75) is 58.3 Å². The third-order valence-corrected chi connectivity index (χ3v) is 4.49. The van der Waals surface area contributed by atoms with E-state index in [1.165, 1.54) is 24.9 Å². The maximum absolute atomic E-state index is 11.9. The zero-order valence-electron chi connectivity index (χ0n) is 17.5. The molecule has 0 unspecified atom stereocenters. The van der Waals surface area contributed by atoms with Gasteiger partial charge in [0, 0.05) is 40.8 Å². The molecule has 31 heavy (non-hydrogen) atoms. The van der Waals surface area contributed by atoms with Gasteiger partial charge in [-0.3, -0.25) is 19.2 Å². The Balaban J connectivity index is 2.03. The molecule has 0 saturated carbocycles.